The summed E-state index contributed by atoms with van der Waals surface area (Å²) in [5.74, 6) is 0. The average Bonchev–Trinajstić information content (AvgIpc) is 2.31. The fraction of sp³-hybridized carbons (Fsp3) is 0.0769. The van der Waals surface area contributed by atoms with E-state index < -0.39 is 6.04 Å². The maximum Gasteiger partial charge on any atom is 0.0581 e. The van der Waals surface area contributed by atoms with Crippen LogP contribution in [0.15, 0.2) is 40.9 Å². The number of benzene rings is 2. The Kier molecular flexibility index (Phi) is 4.57. The molecule has 1 nitrogen and oxygen atoms in total. The largest absolute Gasteiger partial charge is 0.320 e. The Morgan fingerprint density at radius 3 is 2.28 bits per heavy atom. The number of nitrogens with two attached hydrogens (primary N) is 1. The van der Waals surface area contributed by atoms with Gasteiger partial charge in [0.05, 0.1) is 6.04 Å². The van der Waals surface area contributed by atoms with E-state index in [1.165, 1.54) is 0 Å². The highest BCUT2D eigenvalue weighted by molar-refractivity contribution is 9.10. The van der Waals surface area contributed by atoms with Crippen molar-refractivity contribution in [1.29, 1.82) is 0 Å². The van der Waals surface area contributed by atoms with Crippen LogP contribution in [0.5, 0.6) is 0 Å². The van der Waals surface area contributed by atoms with Gasteiger partial charge in [-0.25, -0.2) is 0 Å². The summed E-state index contributed by atoms with van der Waals surface area (Å²) in [7, 11) is 0. The second-order valence-corrected chi connectivity index (χ2v) is 5.98. The molecule has 2 aromatic carbocycles. The van der Waals surface area contributed by atoms with Gasteiger partial charge >= 0.3 is 0 Å². The van der Waals surface area contributed by atoms with E-state index in [0.717, 1.165) is 15.6 Å². The zero-order valence-corrected chi connectivity index (χ0v) is 13.0. The lowest BCUT2D eigenvalue weighted by Crippen LogP contribution is -2.13. The molecule has 0 heterocycles. The van der Waals surface area contributed by atoms with Gasteiger partial charge in [-0.2, -0.15) is 0 Å². The first-order valence-electron chi connectivity index (χ1n) is 5.14. The zero-order valence-electron chi connectivity index (χ0n) is 9.13. The minimum absolute atomic E-state index is 0.406. The molecule has 2 N–H and O–H groups in total. The first-order chi connectivity index (χ1) is 8.49. The zero-order chi connectivity index (χ0) is 13.3. The van der Waals surface area contributed by atoms with Gasteiger partial charge in [-0.15, -0.1) is 0 Å². The molecule has 2 rings (SSSR count). The minimum atomic E-state index is -0.406. The van der Waals surface area contributed by atoms with Crippen LogP contribution in [-0.4, -0.2) is 0 Å². The standard InChI is InChI=1S/C13H9BrCl3N/c14-7-1-3-9(12(17)5-7)13(18)10-6-8(15)2-4-11(10)16/h1-6,13H,18H2. The van der Waals surface area contributed by atoms with Gasteiger partial charge in [-0.3, -0.25) is 0 Å². The summed E-state index contributed by atoms with van der Waals surface area (Å²) < 4.78 is 0.903. The molecule has 1 atom stereocenters. The van der Waals surface area contributed by atoms with E-state index in [-0.39, 0.29) is 0 Å². The van der Waals surface area contributed by atoms with Crippen LogP contribution in [0.4, 0.5) is 0 Å². The van der Waals surface area contributed by atoms with Crippen molar-refractivity contribution in [3.8, 4) is 0 Å². The molecule has 94 valence electrons. The fourth-order valence-electron chi connectivity index (χ4n) is 1.67. The first kappa shape index (κ1) is 14.2. The van der Waals surface area contributed by atoms with Crippen LogP contribution in [0, 0.1) is 0 Å². The number of hydrogen-bond acceptors (Lipinski definition) is 1. The summed E-state index contributed by atoms with van der Waals surface area (Å²) in [5.41, 5.74) is 7.76. The van der Waals surface area contributed by atoms with Gasteiger partial charge in [0, 0.05) is 19.5 Å². The molecule has 0 bridgehead atoms. The lowest BCUT2D eigenvalue weighted by molar-refractivity contribution is 0.872. The Morgan fingerprint density at radius 1 is 0.889 bits per heavy atom. The average molecular weight is 365 g/mol. The summed E-state index contributed by atoms with van der Waals surface area (Å²) >= 11 is 21.6. The van der Waals surface area contributed by atoms with Crippen molar-refractivity contribution >= 4 is 50.7 Å². The maximum absolute atomic E-state index is 6.19. The maximum atomic E-state index is 6.19. The highest BCUT2D eigenvalue weighted by atomic mass is 79.9. The molecule has 1 unspecified atom stereocenters. The molecule has 5 heteroatoms. The summed E-state index contributed by atoms with van der Waals surface area (Å²) in [6.07, 6.45) is 0. The minimum Gasteiger partial charge on any atom is -0.320 e. The van der Waals surface area contributed by atoms with E-state index in [1.54, 1.807) is 24.3 Å². The SMILES string of the molecule is NC(c1ccc(Br)cc1Cl)c1cc(Cl)ccc1Cl. The predicted molar refractivity (Wildman–Crippen MR) is 81.6 cm³/mol. The van der Waals surface area contributed by atoms with Gasteiger partial charge < -0.3 is 5.73 Å². The molecule has 0 fully saturated rings. The number of hydrogen-bond donors (Lipinski definition) is 1. The highest BCUT2D eigenvalue weighted by Gasteiger charge is 2.16. The van der Waals surface area contributed by atoms with E-state index in [0.29, 0.717) is 15.1 Å². The van der Waals surface area contributed by atoms with Crippen molar-refractivity contribution in [2.24, 2.45) is 5.73 Å². The van der Waals surface area contributed by atoms with Crippen molar-refractivity contribution in [2.75, 3.05) is 0 Å². The van der Waals surface area contributed by atoms with E-state index in [2.05, 4.69) is 15.9 Å². The number of halogens is 4. The molecule has 0 saturated heterocycles. The van der Waals surface area contributed by atoms with Crippen LogP contribution >= 0.6 is 50.7 Å². The van der Waals surface area contributed by atoms with E-state index in [1.807, 2.05) is 12.1 Å². The normalized spacial score (nSPS) is 12.5. The van der Waals surface area contributed by atoms with Gasteiger partial charge in [-0.1, -0.05) is 56.8 Å². The smallest absolute Gasteiger partial charge is 0.0581 e. The Morgan fingerprint density at radius 2 is 1.61 bits per heavy atom. The third kappa shape index (κ3) is 3.01. The Balaban J connectivity index is 2.47. The van der Waals surface area contributed by atoms with Gasteiger partial charge in [0.2, 0.25) is 0 Å². The monoisotopic (exact) mass is 363 g/mol. The van der Waals surface area contributed by atoms with Gasteiger partial charge in [-0.05, 0) is 41.5 Å². The third-order valence-electron chi connectivity index (χ3n) is 2.59. The molecule has 0 aliphatic carbocycles. The molecule has 0 radical (unpaired) electrons. The molecular formula is C13H9BrCl3N. The van der Waals surface area contributed by atoms with Gasteiger partial charge in [0.15, 0.2) is 0 Å². The summed E-state index contributed by atoms with van der Waals surface area (Å²) in [6.45, 7) is 0. The molecule has 2 aromatic rings. The van der Waals surface area contributed by atoms with E-state index >= 15 is 0 Å². The molecule has 0 aliphatic rings. The topological polar surface area (TPSA) is 26.0 Å². The molecule has 0 saturated carbocycles. The molecular weight excluding hydrogens is 356 g/mol. The van der Waals surface area contributed by atoms with Gasteiger partial charge in [0.1, 0.15) is 0 Å². The quantitative estimate of drug-likeness (QED) is 0.752. The summed E-state index contributed by atoms with van der Waals surface area (Å²) in [4.78, 5) is 0. The summed E-state index contributed by atoms with van der Waals surface area (Å²) in [5, 5.41) is 1.76. The molecule has 0 aromatic heterocycles. The van der Waals surface area contributed by atoms with Crippen molar-refractivity contribution in [1.82, 2.24) is 0 Å². The Hall–Kier alpha value is -0.250. The molecule has 0 aliphatic heterocycles. The Bertz CT molecular complexity index is 586. The highest BCUT2D eigenvalue weighted by Crippen LogP contribution is 2.33. The lowest BCUT2D eigenvalue weighted by Gasteiger charge is -2.16. The van der Waals surface area contributed by atoms with E-state index in [9.17, 15) is 0 Å². The number of rotatable bonds is 2. The Labute approximate surface area is 129 Å². The molecule has 0 spiro atoms. The fourth-order valence-corrected chi connectivity index (χ4v) is 2.88. The lowest BCUT2D eigenvalue weighted by atomic mass is 9.99. The van der Waals surface area contributed by atoms with Crippen molar-refractivity contribution < 1.29 is 0 Å². The van der Waals surface area contributed by atoms with Crippen LogP contribution in [0.25, 0.3) is 0 Å². The van der Waals surface area contributed by atoms with Crippen LogP contribution in [0.2, 0.25) is 15.1 Å². The second kappa shape index (κ2) is 5.81. The van der Waals surface area contributed by atoms with E-state index in [4.69, 9.17) is 40.5 Å². The summed E-state index contributed by atoms with van der Waals surface area (Å²) in [6, 6.07) is 10.4. The van der Waals surface area contributed by atoms with Crippen LogP contribution < -0.4 is 5.73 Å². The molecule has 18 heavy (non-hydrogen) atoms. The van der Waals surface area contributed by atoms with Crippen LogP contribution in [0.3, 0.4) is 0 Å². The van der Waals surface area contributed by atoms with Crippen molar-refractivity contribution in [3.05, 3.63) is 67.1 Å². The second-order valence-electron chi connectivity index (χ2n) is 3.81. The van der Waals surface area contributed by atoms with Crippen LogP contribution in [0.1, 0.15) is 17.2 Å². The third-order valence-corrected chi connectivity index (χ3v) is 3.99. The van der Waals surface area contributed by atoms with Crippen molar-refractivity contribution in [2.45, 2.75) is 6.04 Å². The van der Waals surface area contributed by atoms with Crippen LogP contribution in [-0.2, 0) is 0 Å². The molecule has 0 amide bonds. The van der Waals surface area contributed by atoms with Gasteiger partial charge in [0.25, 0.3) is 0 Å². The predicted octanol–water partition coefficient (Wildman–Crippen LogP) is 5.46. The van der Waals surface area contributed by atoms with Crippen molar-refractivity contribution in [3.63, 3.8) is 0 Å². The first-order valence-corrected chi connectivity index (χ1v) is 7.07.